The molecule has 0 bridgehead atoms. The standard InChI is InChI=1S/C36H46N7O19P3S/c1-36(2,30(48)33(49)39-10-9-25(44)38-11-12-66-35(50)23(15-26(45)46)14-20-7-8-21-5-3-4-6-22(21)13-20)17-59-65(56,57)62-64(54,55)58-16-24-29(61-63(51,52)53)28(47)34(60-24)43-19-42-27-31(37)40-18-41-32(27)43/h3-8,13-14,18-19,24,28-30,34,47-48H,9-12,15-17H2,1-2H3,(H,38,44)(H,39,49)(H,45,46)(H,54,55)(H,56,57)(H2,37,40,41)(H2,51,52,53)/b23-14-/t24-,28-,29-,30?,34-/m1/s1. The van der Waals surface area contributed by atoms with Crippen LogP contribution in [0.15, 0.2) is 60.7 Å². The molecule has 1 fully saturated rings. The Hall–Kier alpha value is -4.53. The fourth-order valence-electron chi connectivity index (χ4n) is 6.21. The van der Waals surface area contributed by atoms with Crippen molar-refractivity contribution in [2.75, 3.05) is 37.8 Å². The minimum absolute atomic E-state index is 0.0153. The van der Waals surface area contributed by atoms with E-state index in [2.05, 4.69) is 34.4 Å². The number of nitrogen functional groups attached to an aromatic ring is 1. The molecule has 1 saturated heterocycles. The number of hydrogen-bond donors (Lipinski definition) is 10. The van der Waals surface area contributed by atoms with Gasteiger partial charge in [-0.1, -0.05) is 62.0 Å². The Kier molecular flexibility index (Phi) is 17.5. The lowest BCUT2D eigenvalue weighted by Gasteiger charge is -2.30. The van der Waals surface area contributed by atoms with Crippen LogP contribution in [0.1, 0.15) is 38.5 Å². The first kappa shape index (κ1) is 52.4. The SMILES string of the molecule is CC(C)(COP(=O)(O)OP(=O)(O)OC[C@H]1O[C@@H](n2cnc3c(N)ncnc32)[C@H](O)[C@@H]1OP(=O)(O)O)C(O)C(=O)NCCC(=O)NCCSC(=O)/C(=C\c1ccc2ccccc2c1)CC(=O)O. The van der Waals surface area contributed by atoms with Crippen LogP contribution >= 0.6 is 35.2 Å². The van der Waals surface area contributed by atoms with E-state index < -0.39 is 102 Å². The Morgan fingerprint density at radius 1 is 0.985 bits per heavy atom. The van der Waals surface area contributed by atoms with Crippen molar-refractivity contribution < 1.29 is 90.4 Å². The fourth-order valence-corrected chi connectivity index (χ4v) is 9.75. The number of nitrogens with zero attached hydrogens (tertiary/aromatic N) is 4. The Bertz CT molecular complexity index is 2610. The summed E-state index contributed by atoms with van der Waals surface area (Å²) in [6.45, 7) is 0.0995. The maximum absolute atomic E-state index is 12.9. The number of anilines is 1. The van der Waals surface area contributed by atoms with Crippen molar-refractivity contribution in [3.8, 4) is 0 Å². The third-order valence-corrected chi connectivity index (χ3v) is 13.5. The van der Waals surface area contributed by atoms with Gasteiger partial charge in [0.25, 0.3) is 0 Å². The Labute approximate surface area is 378 Å². The molecular formula is C36H46N7O19P3S. The molecule has 1 aliphatic heterocycles. The number of carboxylic acids is 1. The number of phosphoric acid groups is 3. The molecular weight excluding hydrogens is 959 g/mol. The number of benzene rings is 2. The number of aliphatic hydroxyl groups excluding tert-OH is 2. The smallest absolute Gasteiger partial charge is 0.481 e. The number of carbonyl (C=O) groups is 4. The number of nitrogens with two attached hydrogens (primary N) is 1. The number of ether oxygens (including phenoxy) is 1. The number of thioether (sulfide) groups is 1. The predicted molar refractivity (Wildman–Crippen MR) is 231 cm³/mol. The number of rotatable bonds is 23. The summed E-state index contributed by atoms with van der Waals surface area (Å²) in [5, 5.41) is 37.2. The van der Waals surface area contributed by atoms with Gasteiger partial charge < -0.3 is 56.0 Å². The van der Waals surface area contributed by atoms with Gasteiger partial charge in [0, 0.05) is 36.3 Å². The number of hydrogen-bond acceptors (Lipinski definition) is 19. The first-order chi connectivity index (χ1) is 30.8. The second-order valence-electron chi connectivity index (χ2n) is 15.1. The third-order valence-electron chi connectivity index (χ3n) is 9.45. The van der Waals surface area contributed by atoms with Gasteiger partial charge in [0.1, 0.15) is 36.3 Å². The van der Waals surface area contributed by atoms with Crippen LogP contribution in [0, 0.1) is 5.41 Å². The van der Waals surface area contributed by atoms with E-state index in [1.54, 1.807) is 6.07 Å². The number of amides is 2. The van der Waals surface area contributed by atoms with Crippen molar-refractivity contribution >= 4 is 92.0 Å². The van der Waals surface area contributed by atoms with Crippen molar-refractivity contribution in [2.24, 2.45) is 5.41 Å². The minimum atomic E-state index is -5.61. The van der Waals surface area contributed by atoms with E-state index in [0.29, 0.717) is 5.56 Å². The largest absolute Gasteiger partial charge is 0.481 e. The van der Waals surface area contributed by atoms with Crippen molar-refractivity contribution in [1.82, 2.24) is 30.2 Å². The van der Waals surface area contributed by atoms with Gasteiger partial charge in [-0.15, -0.1) is 0 Å². The summed E-state index contributed by atoms with van der Waals surface area (Å²) in [5.74, 6) is -2.72. The van der Waals surface area contributed by atoms with E-state index in [0.717, 1.165) is 39.8 Å². The zero-order valence-electron chi connectivity index (χ0n) is 34.8. The van der Waals surface area contributed by atoms with Gasteiger partial charge in [-0.3, -0.25) is 37.3 Å². The number of aliphatic carboxylic acids is 1. The van der Waals surface area contributed by atoms with E-state index in [9.17, 15) is 67.8 Å². The number of aromatic nitrogens is 4. The van der Waals surface area contributed by atoms with Crippen LogP contribution in [0.4, 0.5) is 5.82 Å². The number of carboxylic acid groups (broad SMARTS) is 1. The van der Waals surface area contributed by atoms with Crippen molar-refractivity contribution in [2.45, 2.75) is 57.3 Å². The normalized spacial score (nSPS) is 20.4. The zero-order valence-corrected chi connectivity index (χ0v) is 38.3. The summed E-state index contributed by atoms with van der Waals surface area (Å²) in [6.07, 6.45) is -6.19. The van der Waals surface area contributed by atoms with Crippen LogP contribution in [0.2, 0.25) is 0 Å². The molecule has 0 radical (unpaired) electrons. The molecule has 30 heteroatoms. The van der Waals surface area contributed by atoms with Gasteiger partial charge in [0.05, 0.1) is 26.0 Å². The lowest BCUT2D eigenvalue weighted by molar-refractivity contribution is -0.137. The number of fused-ring (bicyclic) bond motifs is 2. The number of aliphatic hydroxyl groups is 2. The lowest BCUT2D eigenvalue weighted by Crippen LogP contribution is -2.46. The van der Waals surface area contributed by atoms with Crippen molar-refractivity contribution in [3.63, 3.8) is 0 Å². The molecule has 11 N–H and O–H groups in total. The molecule has 2 amide bonds. The monoisotopic (exact) mass is 1010 g/mol. The fraction of sp³-hybridized carbons (Fsp3) is 0.417. The minimum Gasteiger partial charge on any atom is -0.481 e. The van der Waals surface area contributed by atoms with Gasteiger partial charge in [-0.25, -0.2) is 28.6 Å². The maximum atomic E-state index is 12.9. The second kappa shape index (κ2) is 22.1. The molecule has 4 aromatic rings. The van der Waals surface area contributed by atoms with Crippen LogP contribution in [0.25, 0.3) is 28.0 Å². The predicted octanol–water partition coefficient (Wildman–Crippen LogP) is 1.38. The number of phosphoric ester groups is 3. The summed E-state index contributed by atoms with van der Waals surface area (Å²) in [5.41, 5.74) is 4.89. The summed E-state index contributed by atoms with van der Waals surface area (Å²) in [4.78, 5) is 101. The number of imidazole rings is 1. The van der Waals surface area contributed by atoms with Crippen LogP contribution in [0.5, 0.6) is 0 Å². The van der Waals surface area contributed by atoms with Gasteiger partial charge in [-0.2, -0.15) is 4.31 Å². The highest BCUT2D eigenvalue weighted by Crippen LogP contribution is 2.61. The molecule has 1 aliphatic rings. The van der Waals surface area contributed by atoms with E-state index in [-0.39, 0.29) is 47.8 Å². The molecule has 2 aromatic carbocycles. The molecule has 0 saturated carbocycles. The number of carbonyl (C=O) groups excluding carboxylic acids is 3. The molecule has 2 aromatic heterocycles. The number of nitrogens with one attached hydrogen (secondary N) is 2. The molecule has 0 spiro atoms. The van der Waals surface area contributed by atoms with E-state index in [1.165, 1.54) is 19.9 Å². The summed E-state index contributed by atoms with van der Waals surface area (Å²) < 4.78 is 62.4. The average molecular weight is 1010 g/mol. The topological polar surface area (TPSA) is 401 Å². The van der Waals surface area contributed by atoms with E-state index in [1.807, 2.05) is 36.4 Å². The zero-order chi connectivity index (χ0) is 48.6. The van der Waals surface area contributed by atoms with Gasteiger partial charge >= 0.3 is 29.4 Å². The highest BCUT2D eigenvalue weighted by Gasteiger charge is 2.50. The quantitative estimate of drug-likeness (QED) is 0.0285. The third kappa shape index (κ3) is 14.7. The summed E-state index contributed by atoms with van der Waals surface area (Å²) in [7, 11) is -16.5. The van der Waals surface area contributed by atoms with Crippen molar-refractivity contribution in [3.05, 3.63) is 66.3 Å². The molecule has 3 heterocycles. The van der Waals surface area contributed by atoms with Crippen LogP contribution in [0.3, 0.4) is 0 Å². The summed E-state index contributed by atoms with van der Waals surface area (Å²) >= 11 is 0.812. The van der Waals surface area contributed by atoms with Gasteiger partial charge in [0.2, 0.25) is 16.9 Å². The molecule has 0 aliphatic carbocycles. The molecule has 3 unspecified atom stereocenters. The molecule has 360 valence electrons. The highest BCUT2D eigenvalue weighted by atomic mass is 32.2. The highest BCUT2D eigenvalue weighted by molar-refractivity contribution is 8.14. The van der Waals surface area contributed by atoms with Crippen LogP contribution < -0.4 is 16.4 Å². The van der Waals surface area contributed by atoms with Gasteiger partial charge in [-0.05, 0) is 28.5 Å². The molecule has 5 rings (SSSR count). The van der Waals surface area contributed by atoms with Crippen LogP contribution in [-0.4, -0.2) is 134 Å². The first-order valence-electron chi connectivity index (χ1n) is 19.3. The Morgan fingerprint density at radius 2 is 1.68 bits per heavy atom. The Morgan fingerprint density at radius 3 is 2.38 bits per heavy atom. The Balaban J connectivity index is 1.04. The van der Waals surface area contributed by atoms with E-state index >= 15 is 0 Å². The average Bonchev–Trinajstić information content (AvgIpc) is 3.79. The molecule has 66 heavy (non-hydrogen) atoms. The van der Waals surface area contributed by atoms with Crippen LogP contribution in [-0.2, 0) is 55.5 Å². The van der Waals surface area contributed by atoms with Gasteiger partial charge in [0.15, 0.2) is 17.7 Å². The lowest BCUT2D eigenvalue weighted by atomic mass is 9.87. The molecule has 7 atom stereocenters. The maximum Gasteiger partial charge on any atom is 0.481 e. The second-order valence-corrected chi connectivity index (χ2v) is 20.4. The first-order valence-corrected chi connectivity index (χ1v) is 24.8. The summed E-state index contributed by atoms with van der Waals surface area (Å²) in [6, 6.07) is 13.0. The molecule has 26 nitrogen and oxygen atoms in total. The van der Waals surface area contributed by atoms with Crippen molar-refractivity contribution in [1.29, 1.82) is 0 Å². The van der Waals surface area contributed by atoms with E-state index in [4.69, 9.17) is 19.5 Å².